The van der Waals surface area contributed by atoms with Gasteiger partial charge in [0.15, 0.2) is 5.78 Å². The number of rotatable bonds is 4. The molecule has 1 heterocycles. The van der Waals surface area contributed by atoms with Crippen LogP contribution in [0, 0.1) is 0 Å². The molecule has 0 bridgehead atoms. The minimum absolute atomic E-state index is 0.0275. The number of carbonyl (C=O) groups excluding carboxylic acids is 1. The van der Waals surface area contributed by atoms with Gasteiger partial charge in [0.1, 0.15) is 5.75 Å². The number of aromatic hydroxyl groups is 1. The van der Waals surface area contributed by atoms with E-state index in [1.165, 1.54) is 35.6 Å². The standard InChI is InChI=1S/C16H14NO5PS/c18-12-7-3-2-6-11(12)16(23(20,21)22)17-15(19)14-9-10-5-1-4-8-13(10)24-14/h1-9,16,18H,(H,17,19)(H2,20,21,22)/t16-/m0/s1. The van der Waals surface area contributed by atoms with E-state index >= 15 is 0 Å². The van der Waals surface area contributed by atoms with Gasteiger partial charge in [-0.1, -0.05) is 36.4 Å². The molecule has 0 saturated heterocycles. The van der Waals surface area contributed by atoms with Crippen LogP contribution in [0.15, 0.2) is 54.6 Å². The molecule has 6 nitrogen and oxygen atoms in total. The minimum atomic E-state index is -4.72. The molecule has 0 radical (unpaired) electrons. The van der Waals surface area contributed by atoms with Crippen LogP contribution in [-0.2, 0) is 4.57 Å². The van der Waals surface area contributed by atoms with Gasteiger partial charge < -0.3 is 20.2 Å². The first kappa shape index (κ1) is 16.7. The third kappa shape index (κ3) is 3.34. The molecule has 1 atom stereocenters. The van der Waals surface area contributed by atoms with Crippen molar-refractivity contribution in [1.82, 2.24) is 5.32 Å². The second-order valence-electron chi connectivity index (χ2n) is 5.17. The molecule has 3 aromatic rings. The Balaban J connectivity index is 1.94. The van der Waals surface area contributed by atoms with Crippen LogP contribution in [0.2, 0.25) is 0 Å². The molecular formula is C16H14NO5PS. The topological polar surface area (TPSA) is 107 Å². The van der Waals surface area contributed by atoms with E-state index in [1.807, 2.05) is 24.3 Å². The molecule has 0 aliphatic rings. The van der Waals surface area contributed by atoms with Gasteiger partial charge in [0, 0.05) is 10.3 Å². The molecule has 0 aliphatic heterocycles. The molecule has 2 aromatic carbocycles. The smallest absolute Gasteiger partial charge is 0.352 e. The number of fused-ring (bicyclic) bond motifs is 1. The normalized spacial score (nSPS) is 12.9. The second-order valence-corrected chi connectivity index (χ2v) is 7.95. The Morgan fingerprint density at radius 1 is 1.08 bits per heavy atom. The lowest BCUT2D eigenvalue weighted by molar-refractivity contribution is 0.0946. The molecule has 8 heteroatoms. The Bertz CT molecular complexity index is 915. The van der Waals surface area contributed by atoms with Crippen molar-refractivity contribution >= 4 is 34.9 Å². The predicted octanol–water partition coefficient (Wildman–Crippen LogP) is 3.21. The Morgan fingerprint density at radius 2 is 1.75 bits per heavy atom. The van der Waals surface area contributed by atoms with E-state index in [4.69, 9.17) is 0 Å². The minimum Gasteiger partial charge on any atom is -0.508 e. The molecule has 0 fully saturated rings. The van der Waals surface area contributed by atoms with Gasteiger partial charge in [-0.3, -0.25) is 9.36 Å². The van der Waals surface area contributed by atoms with Gasteiger partial charge in [-0.25, -0.2) is 0 Å². The summed E-state index contributed by atoms with van der Waals surface area (Å²) in [4.78, 5) is 31.9. The highest BCUT2D eigenvalue weighted by atomic mass is 32.1. The van der Waals surface area contributed by atoms with E-state index < -0.39 is 19.3 Å². The molecule has 24 heavy (non-hydrogen) atoms. The lowest BCUT2D eigenvalue weighted by atomic mass is 10.2. The number of phenolic OH excluding ortho intramolecular Hbond substituents is 1. The van der Waals surface area contributed by atoms with Crippen molar-refractivity contribution in [2.75, 3.05) is 0 Å². The first-order chi connectivity index (χ1) is 11.4. The van der Waals surface area contributed by atoms with E-state index in [2.05, 4.69) is 5.32 Å². The number of amides is 1. The molecule has 1 amide bonds. The fraction of sp³-hybridized carbons (Fsp3) is 0.0625. The number of carbonyl (C=O) groups is 1. The Kier molecular flexibility index (Phi) is 4.43. The monoisotopic (exact) mass is 363 g/mol. The maximum Gasteiger partial charge on any atom is 0.352 e. The van der Waals surface area contributed by atoms with Crippen LogP contribution < -0.4 is 5.32 Å². The first-order valence-electron chi connectivity index (χ1n) is 6.99. The van der Waals surface area contributed by atoms with Crippen LogP contribution in [0.3, 0.4) is 0 Å². The molecule has 1 aromatic heterocycles. The number of para-hydroxylation sites is 1. The molecular weight excluding hydrogens is 349 g/mol. The van der Waals surface area contributed by atoms with Crippen LogP contribution in [0.1, 0.15) is 21.0 Å². The summed E-state index contributed by atoms with van der Waals surface area (Å²) in [6, 6.07) is 14.8. The fourth-order valence-corrected chi connectivity index (χ4v) is 4.18. The Morgan fingerprint density at radius 3 is 2.42 bits per heavy atom. The molecule has 0 saturated carbocycles. The van der Waals surface area contributed by atoms with E-state index in [9.17, 15) is 24.3 Å². The molecule has 0 spiro atoms. The third-order valence-electron chi connectivity index (χ3n) is 3.48. The average molecular weight is 363 g/mol. The average Bonchev–Trinajstić information content (AvgIpc) is 2.96. The van der Waals surface area contributed by atoms with Gasteiger partial charge in [0.25, 0.3) is 5.91 Å². The molecule has 0 aliphatic carbocycles. The van der Waals surface area contributed by atoms with E-state index in [-0.39, 0.29) is 11.3 Å². The zero-order chi connectivity index (χ0) is 17.3. The SMILES string of the molecule is O=C(N[C@H](c1ccccc1O)P(=O)(O)O)c1cc2ccccc2s1. The third-order valence-corrected chi connectivity index (χ3v) is 5.68. The number of benzene rings is 2. The van der Waals surface area contributed by atoms with Gasteiger partial charge >= 0.3 is 7.60 Å². The Labute approximate surface area is 141 Å². The maximum absolute atomic E-state index is 12.4. The molecule has 4 N–H and O–H groups in total. The number of phenols is 1. The van der Waals surface area contributed by atoms with Crippen LogP contribution in [-0.4, -0.2) is 20.8 Å². The van der Waals surface area contributed by atoms with E-state index in [0.29, 0.717) is 4.88 Å². The summed E-state index contributed by atoms with van der Waals surface area (Å²) in [5.74, 6) is -2.51. The summed E-state index contributed by atoms with van der Waals surface area (Å²) < 4.78 is 12.7. The quantitative estimate of drug-likeness (QED) is 0.533. The summed E-state index contributed by atoms with van der Waals surface area (Å²) in [6.45, 7) is 0. The lowest BCUT2D eigenvalue weighted by Crippen LogP contribution is -2.28. The highest BCUT2D eigenvalue weighted by Crippen LogP contribution is 2.52. The van der Waals surface area contributed by atoms with Crippen LogP contribution in [0.5, 0.6) is 5.75 Å². The van der Waals surface area contributed by atoms with Gasteiger partial charge in [0.05, 0.1) is 4.88 Å². The van der Waals surface area contributed by atoms with E-state index in [1.54, 1.807) is 6.07 Å². The summed E-state index contributed by atoms with van der Waals surface area (Å²) in [5.41, 5.74) is -0.0275. The summed E-state index contributed by atoms with van der Waals surface area (Å²) in [6.07, 6.45) is 0. The van der Waals surface area contributed by atoms with Gasteiger partial charge in [0.2, 0.25) is 0 Å². The number of hydrogen-bond acceptors (Lipinski definition) is 4. The summed E-state index contributed by atoms with van der Waals surface area (Å²) in [5, 5.41) is 13.1. The van der Waals surface area contributed by atoms with Gasteiger partial charge in [-0.15, -0.1) is 11.3 Å². The zero-order valence-electron chi connectivity index (χ0n) is 12.3. The second kappa shape index (κ2) is 6.37. The number of nitrogens with one attached hydrogen (secondary N) is 1. The first-order valence-corrected chi connectivity index (χ1v) is 9.48. The fourth-order valence-electron chi connectivity index (χ4n) is 2.35. The van der Waals surface area contributed by atoms with Crippen LogP contribution >= 0.6 is 18.9 Å². The van der Waals surface area contributed by atoms with Crippen molar-refractivity contribution in [1.29, 1.82) is 0 Å². The van der Waals surface area contributed by atoms with Crippen LogP contribution in [0.25, 0.3) is 10.1 Å². The van der Waals surface area contributed by atoms with Crippen molar-refractivity contribution in [3.63, 3.8) is 0 Å². The van der Waals surface area contributed by atoms with Crippen molar-refractivity contribution in [2.24, 2.45) is 0 Å². The van der Waals surface area contributed by atoms with E-state index in [0.717, 1.165) is 10.1 Å². The van der Waals surface area contributed by atoms with Gasteiger partial charge in [-0.05, 0) is 23.6 Å². The maximum atomic E-state index is 12.4. The summed E-state index contributed by atoms with van der Waals surface area (Å²) in [7, 11) is -4.72. The highest BCUT2D eigenvalue weighted by Gasteiger charge is 2.34. The van der Waals surface area contributed by atoms with Crippen molar-refractivity contribution in [3.05, 3.63) is 65.0 Å². The summed E-state index contributed by atoms with van der Waals surface area (Å²) >= 11 is 1.23. The number of thiophene rings is 1. The molecule has 0 unspecified atom stereocenters. The predicted molar refractivity (Wildman–Crippen MR) is 92.2 cm³/mol. The van der Waals surface area contributed by atoms with Crippen molar-refractivity contribution in [3.8, 4) is 5.75 Å². The largest absolute Gasteiger partial charge is 0.508 e. The van der Waals surface area contributed by atoms with Crippen molar-refractivity contribution < 1.29 is 24.3 Å². The van der Waals surface area contributed by atoms with Gasteiger partial charge in [-0.2, -0.15) is 0 Å². The van der Waals surface area contributed by atoms with Crippen molar-refractivity contribution in [2.45, 2.75) is 5.78 Å². The zero-order valence-corrected chi connectivity index (χ0v) is 14.0. The lowest BCUT2D eigenvalue weighted by Gasteiger charge is -2.20. The highest BCUT2D eigenvalue weighted by molar-refractivity contribution is 7.52. The van der Waals surface area contributed by atoms with Crippen LogP contribution in [0.4, 0.5) is 0 Å². The molecule has 124 valence electrons. The Hall–Kier alpha value is -2.18. The molecule has 3 rings (SSSR count). The number of hydrogen-bond donors (Lipinski definition) is 4.